The zero-order valence-corrected chi connectivity index (χ0v) is 14.1. The quantitative estimate of drug-likeness (QED) is 0.795. The van der Waals surface area contributed by atoms with Gasteiger partial charge in [-0.1, -0.05) is 0 Å². The number of likely N-dealkylation sites (tertiary alicyclic amines) is 1. The fourth-order valence-electron chi connectivity index (χ4n) is 2.63. The largest absolute Gasteiger partial charge is 0.492 e. The summed E-state index contributed by atoms with van der Waals surface area (Å²) in [6, 6.07) is 4.42. The van der Waals surface area contributed by atoms with E-state index in [0.717, 1.165) is 12.1 Å². The van der Waals surface area contributed by atoms with E-state index in [-0.39, 0.29) is 43.3 Å². The molecule has 1 unspecified atom stereocenters. The number of halogens is 3. The van der Waals surface area contributed by atoms with Crippen molar-refractivity contribution in [1.29, 1.82) is 0 Å². The molecule has 2 rings (SSSR count). The molecular formula is C17H21F3N2O3. The fourth-order valence-corrected chi connectivity index (χ4v) is 2.63. The van der Waals surface area contributed by atoms with Crippen molar-refractivity contribution in [2.45, 2.75) is 32.5 Å². The number of nitrogens with zero attached hydrogens (tertiary/aromatic N) is 1. The van der Waals surface area contributed by atoms with Crippen LogP contribution in [0.3, 0.4) is 0 Å². The lowest BCUT2D eigenvalue weighted by molar-refractivity contribution is -0.137. The Morgan fingerprint density at radius 3 is 2.48 bits per heavy atom. The van der Waals surface area contributed by atoms with Gasteiger partial charge in [0.05, 0.1) is 18.0 Å². The van der Waals surface area contributed by atoms with Crippen LogP contribution >= 0.6 is 0 Å². The summed E-state index contributed by atoms with van der Waals surface area (Å²) in [6.07, 6.45) is -4.18. The second-order valence-electron chi connectivity index (χ2n) is 6.20. The van der Waals surface area contributed by atoms with Crippen molar-refractivity contribution in [2.24, 2.45) is 5.92 Å². The molecule has 1 aliphatic rings. The Bertz CT molecular complexity index is 615. The van der Waals surface area contributed by atoms with Gasteiger partial charge in [0.2, 0.25) is 11.8 Å². The predicted octanol–water partition coefficient (Wildman–Crippen LogP) is 2.46. The molecule has 0 radical (unpaired) electrons. The van der Waals surface area contributed by atoms with Crippen LogP contribution in [0.25, 0.3) is 0 Å². The smallest absolute Gasteiger partial charge is 0.416 e. The molecule has 0 aromatic heterocycles. The molecule has 0 bridgehead atoms. The van der Waals surface area contributed by atoms with Crippen LogP contribution in [0.2, 0.25) is 0 Å². The van der Waals surface area contributed by atoms with E-state index in [4.69, 9.17) is 4.74 Å². The van der Waals surface area contributed by atoms with Gasteiger partial charge in [0.25, 0.3) is 0 Å². The number of carbonyl (C=O) groups excluding carboxylic acids is 2. The van der Waals surface area contributed by atoms with Gasteiger partial charge in [-0.2, -0.15) is 13.2 Å². The fraction of sp³-hybridized carbons (Fsp3) is 0.529. The van der Waals surface area contributed by atoms with Gasteiger partial charge >= 0.3 is 6.18 Å². The van der Waals surface area contributed by atoms with E-state index in [2.05, 4.69) is 5.32 Å². The molecule has 25 heavy (non-hydrogen) atoms. The Balaban J connectivity index is 1.73. The SMILES string of the molecule is CC(C)N1CC(C(=O)NCCOc2ccc(C(F)(F)F)cc2)CC1=O. The van der Waals surface area contributed by atoms with E-state index in [1.54, 1.807) is 4.90 Å². The molecule has 2 amide bonds. The minimum Gasteiger partial charge on any atom is -0.492 e. The number of amides is 2. The Morgan fingerprint density at radius 2 is 1.96 bits per heavy atom. The highest BCUT2D eigenvalue weighted by atomic mass is 19.4. The number of hydrogen-bond donors (Lipinski definition) is 1. The van der Waals surface area contributed by atoms with Gasteiger partial charge in [-0.25, -0.2) is 0 Å². The summed E-state index contributed by atoms with van der Waals surface area (Å²) in [7, 11) is 0. The second kappa shape index (κ2) is 7.76. The van der Waals surface area contributed by atoms with Gasteiger partial charge in [-0.15, -0.1) is 0 Å². The number of benzene rings is 1. The van der Waals surface area contributed by atoms with Crippen molar-refractivity contribution in [1.82, 2.24) is 10.2 Å². The molecule has 8 heteroatoms. The Kier molecular flexibility index (Phi) is 5.92. The van der Waals surface area contributed by atoms with Gasteiger partial charge in [0.1, 0.15) is 12.4 Å². The minimum absolute atomic E-state index is 0.0313. The van der Waals surface area contributed by atoms with Gasteiger partial charge in [-0.05, 0) is 38.1 Å². The van der Waals surface area contributed by atoms with Crippen molar-refractivity contribution in [3.63, 3.8) is 0 Å². The number of carbonyl (C=O) groups is 2. The molecule has 5 nitrogen and oxygen atoms in total. The zero-order chi connectivity index (χ0) is 18.6. The molecule has 138 valence electrons. The lowest BCUT2D eigenvalue weighted by atomic mass is 10.1. The molecule has 0 saturated carbocycles. The number of alkyl halides is 3. The third-order valence-corrected chi connectivity index (χ3v) is 4.00. The average molecular weight is 358 g/mol. The standard InChI is InChI=1S/C17H21F3N2O3/c1-11(2)22-10-12(9-15(22)23)16(24)21-7-8-25-14-5-3-13(4-6-14)17(18,19)20/h3-6,11-12H,7-10H2,1-2H3,(H,21,24). The summed E-state index contributed by atoms with van der Waals surface area (Å²) in [5.74, 6) is -0.325. The highest BCUT2D eigenvalue weighted by Gasteiger charge is 2.35. The first kappa shape index (κ1) is 19.1. The van der Waals surface area contributed by atoms with E-state index in [1.165, 1.54) is 12.1 Å². The van der Waals surface area contributed by atoms with Crippen molar-refractivity contribution >= 4 is 11.8 Å². The highest BCUT2D eigenvalue weighted by molar-refractivity contribution is 5.89. The molecule has 0 spiro atoms. The molecule has 1 N–H and O–H groups in total. The van der Waals surface area contributed by atoms with Gasteiger partial charge in [0, 0.05) is 19.0 Å². The molecule has 1 atom stereocenters. The lowest BCUT2D eigenvalue weighted by Gasteiger charge is -2.20. The van der Waals surface area contributed by atoms with Crippen LogP contribution in [0, 0.1) is 5.92 Å². The lowest BCUT2D eigenvalue weighted by Crippen LogP contribution is -2.36. The van der Waals surface area contributed by atoms with Crippen LogP contribution in [-0.4, -0.2) is 42.5 Å². The van der Waals surface area contributed by atoms with Gasteiger partial charge in [0.15, 0.2) is 0 Å². The topological polar surface area (TPSA) is 58.6 Å². The van der Waals surface area contributed by atoms with Crippen molar-refractivity contribution < 1.29 is 27.5 Å². The molecule has 0 aliphatic carbocycles. The first-order valence-corrected chi connectivity index (χ1v) is 8.05. The molecule has 1 aromatic rings. The van der Waals surface area contributed by atoms with Crippen molar-refractivity contribution in [3.05, 3.63) is 29.8 Å². The Morgan fingerprint density at radius 1 is 1.32 bits per heavy atom. The summed E-state index contributed by atoms with van der Waals surface area (Å²) in [4.78, 5) is 25.5. The van der Waals surface area contributed by atoms with E-state index in [9.17, 15) is 22.8 Å². The summed E-state index contributed by atoms with van der Waals surface area (Å²) in [6.45, 7) is 4.55. The zero-order valence-electron chi connectivity index (χ0n) is 14.1. The number of ether oxygens (including phenoxy) is 1. The summed E-state index contributed by atoms with van der Waals surface area (Å²) < 4.78 is 42.7. The van der Waals surface area contributed by atoms with Crippen LogP contribution in [0.1, 0.15) is 25.8 Å². The molecule has 1 aromatic carbocycles. The molecule has 1 heterocycles. The minimum atomic E-state index is -4.38. The van der Waals surface area contributed by atoms with E-state index >= 15 is 0 Å². The maximum absolute atomic E-state index is 12.5. The van der Waals surface area contributed by atoms with E-state index in [0.29, 0.717) is 12.3 Å². The normalized spacial score (nSPS) is 17.9. The number of rotatable bonds is 6. The monoisotopic (exact) mass is 358 g/mol. The first-order chi connectivity index (χ1) is 11.7. The Hall–Kier alpha value is -2.25. The van der Waals surface area contributed by atoms with Gasteiger partial charge in [-0.3, -0.25) is 9.59 Å². The highest BCUT2D eigenvalue weighted by Crippen LogP contribution is 2.30. The Labute approximate surface area is 144 Å². The molecule has 1 fully saturated rings. The van der Waals surface area contributed by atoms with Crippen LogP contribution in [0.4, 0.5) is 13.2 Å². The van der Waals surface area contributed by atoms with E-state index in [1.807, 2.05) is 13.8 Å². The first-order valence-electron chi connectivity index (χ1n) is 8.05. The molecular weight excluding hydrogens is 337 g/mol. The maximum Gasteiger partial charge on any atom is 0.416 e. The maximum atomic E-state index is 12.5. The second-order valence-corrected chi connectivity index (χ2v) is 6.20. The summed E-state index contributed by atoms with van der Waals surface area (Å²) in [5.41, 5.74) is -0.742. The predicted molar refractivity (Wildman–Crippen MR) is 84.9 cm³/mol. The average Bonchev–Trinajstić information content (AvgIpc) is 2.93. The number of nitrogens with one attached hydrogen (secondary N) is 1. The third-order valence-electron chi connectivity index (χ3n) is 4.00. The van der Waals surface area contributed by atoms with Crippen LogP contribution in [0.15, 0.2) is 24.3 Å². The van der Waals surface area contributed by atoms with Gasteiger partial charge < -0.3 is 15.0 Å². The summed E-state index contributed by atoms with van der Waals surface area (Å²) in [5, 5.41) is 2.69. The number of hydrogen-bond acceptors (Lipinski definition) is 3. The van der Waals surface area contributed by atoms with Crippen molar-refractivity contribution in [2.75, 3.05) is 19.7 Å². The van der Waals surface area contributed by atoms with Crippen molar-refractivity contribution in [3.8, 4) is 5.75 Å². The van der Waals surface area contributed by atoms with Crippen LogP contribution < -0.4 is 10.1 Å². The third kappa shape index (κ3) is 5.11. The molecule has 1 saturated heterocycles. The van der Waals surface area contributed by atoms with Crippen LogP contribution in [0.5, 0.6) is 5.75 Å². The van der Waals surface area contributed by atoms with Crippen LogP contribution in [-0.2, 0) is 15.8 Å². The summed E-state index contributed by atoms with van der Waals surface area (Å²) >= 11 is 0. The molecule has 1 aliphatic heterocycles. The van der Waals surface area contributed by atoms with E-state index < -0.39 is 11.7 Å².